The molecule has 6 nitrogen and oxygen atoms in total. The topological polar surface area (TPSA) is 67.8 Å². The fourth-order valence-corrected chi connectivity index (χ4v) is 3.01. The molecule has 0 aliphatic carbocycles. The quantitative estimate of drug-likeness (QED) is 0.701. The number of piperazine rings is 1. The summed E-state index contributed by atoms with van der Waals surface area (Å²) in [6.45, 7) is 7.51. The van der Waals surface area contributed by atoms with Crippen molar-refractivity contribution >= 4 is 17.4 Å². The van der Waals surface area contributed by atoms with Crippen molar-refractivity contribution in [2.75, 3.05) is 49.5 Å². The van der Waals surface area contributed by atoms with Crippen molar-refractivity contribution in [3.63, 3.8) is 0 Å². The van der Waals surface area contributed by atoms with Gasteiger partial charge in [-0.15, -0.1) is 0 Å². The number of alkyl halides is 3. The Morgan fingerprint density at radius 1 is 1.22 bits per heavy atom. The highest BCUT2D eigenvalue weighted by Crippen LogP contribution is 2.35. The number of urea groups is 1. The highest BCUT2D eigenvalue weighted by atomic mass is 19.4. The lowest BCUT2D eigenvalue weighted by atomic mass is 10.1. The Bertz CT molecular complexity index is 628. The molecule has 152 valence electrons. The fourth-order valence-electron chi connectivity index (χ4n) is 3.01. The van der Waals surface area contributed by atoms with Crippen molar-refractivity contribution in [2.45, 2.75) is 32.5 Å². The van der Waals surface area contributed by atoms with Gasteiger partial charge in [0.2, 0.25) is 0 Å². The molecular weight excluding hydrogens is 361 g/mol. The number of aliphatic hydroxyl groups excluding tert-OH is 1. The molecular formula is C18H27F3N4O2. The van der Waals surface area contributed by atoms with Gasteiger partial charge >= 0.3 is 12.2 Å². The minimum atomic E-state index is -4.50. The summed E-state index contributed by atoms with van der Waals surface area (Å²) >= 11 is 0. The molecule has 2 amide bonds. The minimum Gasteiger partial charge on any atom is -0.394 e. The van der Waals surface area contributed by atoms with Crippen LogP contribution in [0, 0.1) is 0 Å². The summed E-state index contributed by atoms with van der Waals surface area (Å²) in [6.07, 6.45) is -3.98. The Balaban J connectivity index is 2.24. The molecule has 3 N–H and O–H groups in total. The second kappa shape index (κ2) is 9.27. The van der Waals surface area contributed by atoms with E-state index in [1.807, 2.05) is 4.90 Å². The summed E-state index contributed by atoms with van der Waals surface area (Å²) in [5, 5.41) is 14.3. The molecule has 9 heteroatoms. The van der Waals surface area contributed by atoms with Gasteiger partial charge in [-0.1, -0.05) is 13.8 Å². The molecule has 0 radical (unpaired) electrons. The SMILES string of the molecule is CC[C@H](CO)NC(=O)Nc1cc(C(F)(F)F)ccc1N1CCN(CC)CC1. The van der Waals surface area contributed by atoms with Gasteiger partial charge in [-0.25, -0.2) is 4.79 Å². The minimum absolute atomic E-state index is 0.111. The van der Waals surface area contributed by atoms with E-state index in [9.17, 15) is 23.1 Å². The number of benzene rings is 1. The number of carbonyl (C=O) groups excluding carboxylic acids is 1. The predicted octanol–water partition coefficient (Wildman–Crippen LogP) is 2.74. The first-order valence-corrected chi connectivity index (χ1v) is 9.15. The van der Waals surface area contributed by atoms with E-state index in [2.05, 4.69) is 22.5 Å². The average Bonchev–Trinajstić information content (AvgIpc) is 2.65. The van der Waals surface area contributed by atoms with Gasteiger partial charge in [-0.3, -0.25) is 0 Å². The monoisotopic (exact) mass is 388 g/mol. The molecule has 1 fully saturated rings. The zero-order chi connectivity index (χ0) is 20.0. The van der Waals surface area contributed by atoms with Crippen LogP contribution in [-0.2, 0) is 6.18 Å². The number of halogens is 3. The number of amides is 2. The summed E-state index contributed by atoms with van der Waals surface area (Å²) in [6, 6.07) is 2.31. The van der Waals surface area contributed by atoms with Gasteiger partial charge in [-0.05, 0) is 31.2 Å². The van der Waals surface area contributed by atoms with Crippen molar-refractivity contribution < 1.29 is 23.1 Å². The van der Waals surface area contributed by atoms with Crippen LogP contribution < -0.4 is 15.5 Å². The van der Waals surface area contributed by atoms with Gasteiger partial charge in [0.1, 0.15) is 0 Å². The number of carbonyl (C=O) groups is 1. The zero-order valence-electron chi connectivity index (χ0n) is 15.6. The Morgan fingerprint density at radius 2 is 1.89 bits per heavy atom. The van der Waals surface area contributed by atoms with Crippen LogP contribution >= 0.6 is 0 Å². The molecule has 2 rings (SSSR count). The zero-order valence-corrected chi connectivity index (χ0v) is 15.6. The number of rotatable bonds is 6. The van der Waals surface area contributed by atoms with Crippen LogP contribution in [-0.4, -0.2) is 61.4 Å². The number of nitrogens with zero attached hydrogens (tertiary/aromatic N) is 2. The second-order valence-corrected chi connectivity index (χ2v) is 6.54. The van der Waals surface area contributed by atoms with E-state index in [0.29, 0.717) is 25.2 Å². The first kappa shape index (κ1) is 21.3. The Morgan fingerprint density at radius 3 is 2.41 bits per heavy atom. The van der Waals surface area contributed by atoms with Crippen molar-refractivity contribution in [1.29, 1.82) is 0 Å². The normalized spacial score (nSPS) is 16.9. The number of hydrogen-bond donors (Lipinski definition) is 3. The van der Waals surface area contributed by atoms with E-state index in [-0.39, 0.29) is 12.3 Å². The third-order valence-corrected chi connectivity index (χ3v) is 4.78. The first-order valence-electron chi connectivity index (χ1n) is 9.15. The smallest absolute Gasteiger partial charge is 0.394 e. The summed E-state index contributed by atoms with van der Waals surface area (Å²) in [5.74, 6) is 0. The van der Waals surface area contributed by atoms with Crippen molar-refractivity contribution in [2.24, 2.45) is 0 Å². The molecule has 1 aromatic carbocycles. The van der Waals surface area contributed by atoms with Crippen molar-refractivity contribution in [3.8, 4) is 0 Å². The maximum absolute atomic E-state index is 13.1. The largest absolute Gasteiger partial charge is 0.416 e. The Labute approximate surface area is 157 Å². The van der Waals surface area contributed by atoms with E-state index in [4.69, 9.17) is 0 Å². The maximum Gasteiger partial charge on any atom is 0.416 e. The van der Waals surface area contributed by atoms with Crippen molar-refractivity contribution in [3.05, 3.63) is 23.8 Å². The molecule has 1 heterocycles. The summed E-state index contributed by atoms with van der Waals surface area (Å²) in [7, 11) is 0. The summed E-state index contributed by atoms with van der Waals surface area (Å²) < 4.78 is 39.3. The van der Waals surface area contributed by atoms with Gasteiger partial charge < -0.3 is 25.5 Å². The van der Waals surface area contributed by atoms with E-state index in [1.165, 1.54) is 6.07 Å². The standard InChI is InChI=1S/C18H27F3N4O2/c1-3-14(12-26)22-17(27)23-15-11-13(18(19,20)21)5-6-16(15)25-9-7-24(4-2)8-10-25/h5-6,11,14,26H,3-4,7-10,12H2,1-2H3,(H2,22,23,27)/t14-/m1/s1. The van der Waals surface area contributed by atoms with E-state index in [0.717, 1.165) is 31.8 Å². The molecule has 1 aliphatic rings. The van der Waals surface area contributed by atoms with Crippen LogP contribution in [0.2, 0.25) is 0 Å². The van der Waals surface area contributed by atoms with Gasteiger partial charge in [0.25, 0.3) is 0 Å². The Kier molecular flexibility index (Phi) is 7.32. The summed E-state index contributed by atoms with van der Waals surface area (Å²) in [4.78, 5) is 16.4. The second-order valence-electron chi connectivity index (χ2n) is 6.54. The molecule has 1 aliphatic heterocycles. The van der Waals surface area contributed by atoms with Gasteiger partial charge in [0, 0.05) is 26.2 Å². The third-order valence-electron chi connectivity index (χ3n) is 4.78. The molecule has 0 saturated carbocycles. The summed E-state index contributed by atoms with van der Waals surface area (Å²) in [5.41, 5.74) is -0.144. The van der Waals surface area contributed by atoms with Crippen LogP contribution in [0.5, 0.6) is 0 Å². The number of nitrogens with one attached hydrogen (secondary N) is 2. The third kappa shape index (κ3) is 5.74. The predicted molar refractivity (Wildman–Crippen MR) is 99.1 cm³/mol. The number of hydrogen-bond acceptors (Lipinski definition) is 4. The fraction of sp³-hybridized carbons (Fsp3) is 0.611. The van der Waals surface area contributed by atoms with Gasteiger partial charge in [0.05, 0.1) is 29.6 Å². The lowest BCUT2D eigenvalue weighted by molar-refractivity contribution is -0.137. The molecule has 1 atom stereocenters. The average molecular weight is 388 g/mol. The van der Waals surface area contributed by atoms with Gasteiger partial charge in [-0.2, -0.15) is 13.2 Å². The lowest BCUT2D eigenvalue weighted by Crippen LogP contribution is -2.46. The van der Waals surface area contributed by atoms with Crippen LogP contribution in [0.3, 0.4) is 0 Å². The molecule has 0 spiro atoms. The van der Waals surface area contributed by atoms with Crippen molar-refractivity contribution in [1.82, 2.24) is 10.2 Å². The molecule has 1 saturated heterocycles. The molecule has 0 bridgehead atoms. The first-order chi connectivity index (χ1) is 12.8. The number of aliphatic hydroxyl groups is 1. The highest BCUT2D eigenvalue weighted by molar-refractivity contribution is 5.93. The highest BCUT2D eigenvalue weighted by Gasteiger charge is 2.32. The molecule has 0 aromatic heterocycles. The Hall–Kier alpha value is -2.00. The van der Waals surface area contributed by atoms with Crippen LogP contribution in [0.25, 0.3) is 0 Å². The number of anilines is 2. The van der Waals surface area contributed by atoms with E-state index in [1.54, 1.807) is 6.92 Å². The van der Waals surface area contributed by atoms with E-state index < -0.39 is 23.8 Å². The van der Waals surface area contributed by atoms with Crippen LogP contribution in [0.4, 0.5) is 29.3 Å². The maximum atomic E-state index is 13.1. The molecule has 0 unspecified atom stereocenters. The molecule has 27 heavy (non-hydrogen) atoms. The van der Waals surface area contributed by atoms with Crippen LogP contribution in [0.15, 0.2) is 18.2 Å². The van der Waals surface area contributed by atoms with Gasteiger partial charge in [0.15, 0.2) is 0 Å². The van der Waals surface area contributed by atoms with E-state index >= 15 is 0 Å². The van der Waals surface area contributed by atoms with Crippen LogP contribution in [0.1, 0.15) is 25.8 Å². The molecule has 1 aromatic rings. The lowest BCUT2D eigenvalue weighted by Gasteiger charge is -2.36. The number of likely N-dealkylation sites (N-methyl/N-ethyl adjacent to an activating group) is 1.